The number of aliphatic hydroxyl groups excluding tert-OH is 1. The molecule has 0 aromatic heterocycles. The van der Waals surface area contributed by atoms with Gasteiger partial charge in [0.25, 0.3) is 0 Å². The van der Waals surface area contributed by atoms with Crippen LogP contribution in [0.1, 0.15) is 18.6 Å². The molecule has 0 saturated carbocycles. The van der Waals surface area contributed by atoms with Crippen molar-refractivity contribution in [2.45, 2.75) is 19.1 Å². The molecule has 1 saturated heterocycles. The Morgan fingerprint density at radius 3 is 2.76 bits per heavy atom. The molecule has 1 heterocycles. The molecular formula is C13H16N2O2. The average Bonchev–Trinajstić information content (AvgIpc) is 2.39. The van der Waals surface area contributed by atoms with E-state index in [9.17, 15) is 5.11 Å². The standard InChI is InChI=1S/C13H16N2O2/c1-10(16)11-2-4-12(5-3-11)15-6-7-17-13(8-14)9-15/h2-5,10,13,16H,6-7,9H2,1H3. The predicted octanol–water partition coefficient (Wildman–Crippen LogP) is 1.47. The molecule has 1 aliphatic rings. The third-order valence-corrected chi connectivity index (χ3v) is 2.95. The van der Waals surface area contributed by atoms with Crippen LogP contribution < -0.4 is 4.90 Å². The van der Waals surface area contributed by atoms with Crippen molar-refractivity contribution < 1.29 is 9.84 Å². The van der Waals surface area contributed by atoms with Crippen LogP contribution in [0.5, 0.6) is 0 Å². The molecule has 4 heteroatoms. The largest absolute Gasteiger partial charge is 0.389 e. The van der Waals surface area contributed by atoms with E-state index in [1.807, 2.05) is 24.3 Å². The van der Waals surface area contributed by atoms with Crippen LogP contribution >= 0.6 is 0 Å². The summed E-state index contributed by atoms with van der Waals surface area (Å²) in [6.07, 6.45) is -0.791. The number of rotatable bonds is 2. The zero-order valence-electron chi connectivity index (χ0n) is 9.84. The monoisotopic (exact) mass is 232 g/mol. The Morgan fingerprint density at radius 2 is 2.18 bits per heavy atom. The molecule has 0 amide bonds. The Hall–Kier alpha value is -1.57. The summed E-state index contributed by atoms with van der Waals surface area (Å²) in [7, 11) is 0. The van der Waals surface area contributed by atoms with Crippen molar-refractivity contribution in [3.63, 3.8) is 0 Å². The molecule has 4 nitrogen and oxygen atoms in total. The smallest absolute Gasteiger partial charge is 0.161 e. The van der Waals surface area contributed by atoms with Gasteiger partial charge in [0.1, 0.15) is 0 Å². The number of aliphatic hydroxyl groups is 1. The highest BCUT2D eigenvalue weighted by molar-refractivity contribution is 5.48. The third-order valence-electron chi connectivity index (χ3n) is 2.95. The summed E-state index contributed by atoms with van der Waals surface area (Å²) >= 11 is 0. The lowest BCUT2D eigenvalue weighted by Crippen LogP contribution is -2.41. The lowest BCUT2D eigenvalue weighted by molar-refractivity contribution is 0.0764. The molecule has 90 valence electrons. The fourth-order valence-electron chi connectivity index (χ4n) is 1.93. The molecule has 2 atom stereocenters. The molecule has 2 unspecified atom stereocenters. The zero-order valence-corrected chi connectivity index (χ0v) is 9.84. The number of morpholine rings is 1. The SMILES string of the molecule is CC(O)c1ccc(N2CCOC(C#N)C2)cc1. The van der Waals surface area contributed by atoms with Crippen LogP contribution in [0.2, 0.25) is 0 Å². The predicted molar refractivity (Wildman–Crippen MR) is 64.6 cm³/mol. The van der Waals surface area contributed by atoms with E-state index < -0.39 is 6.10 Å². The van der Waals surface area contributed by atoms with Gasteiger partial charge in [-0.1, -0.05) is 12.1 Å². The van der Waals surface area contributed by atoms with Crippen molar-refractivity contribution in [1.29, 1.82) is 5.26 Å². The average molecular weight is 232 g/mol. The molecule has 1 N–H and O–H groups in total. The van der Waals surface area contributed by atoms with E-state index in [0.717, 1.165) is 17.8 Å². The van der Waals surface area contributed by atoms with Crippen LogP contribution in [0.3, 0.4) is 0 Å². The fourth-order valence-corrected chi connectivity index (χ4v) is 1.93. The lowest BCUT2D eigenvalue weighted by Gasteiger charge is -2.31. The number of hydrogen-bond acceptors (Lipinski definition) is 4. The summed E-state index contributed by atoms with van der Waals surface area (Å²) < 4.78 is 5.30. The van der Waals surface area contributed by atoms with Gasteiger partial charge in [-0.15, -0.1) is 0 Å². The van der Waals surface area contributed by atoms with Gasteiger partial charge in [0.15, 0.2) is 6.10 Å². The van der Waals surface area contributed by atoms with Gasteiger partial charge in [-0.2, -0.15) is 5.26 Å². The Bertz CT molecular complexity index is 408. The Labute approximate surface area is 101 Å². The quantitative estimate of drug-likeness (QED) is 0.839. The molecule has 0 bridgehead atoms. The first-order valence-corrected chi connectivity index (χ1v) is 5.75. The number of anilines is 1. The van der Waals surface area contributed by atoms with Crippen LogP contribution in [0.15, 0.2) is 24.3 Å². The topological polar surface area (TPSA) is 56.5 Å². The van der Waals surface area contributed by atoms with Crippen LogP contribution in [-0.2, 0) is 4.74 Å². The van der Waals surface area contributed by atoms with E-state index in [-0.39, 0.29) is 6.10 Å². The number of nitriles is 1. The van der Waals surface area contributed by atoms with E-state index in [4.69, 9.17) is 10.00 Å². The molecule has 2 rings (SSSR count). The highest BCUT2D eigenvalue weighted by Gasteiger charge is 2.20. The van der Waals surface area contributed by atoms with Crippen LogP contribution in [0.25, 0.3) is 0 Å². The molecule has 0 spiro atoms. The van der Waals surface area contributed by atoms with Gasteiger partial charge in [0, 0.05) is 12.2 Å². The van der Waals surface area contributed by atoms with E-state index in [2.05, 4.69) is 11.0 Å². The second kappa shape index (κ2) is 5.17. The normalized spacial score (nSPS) is 21.9. The van der Waals surface area contributed by atoms with Crippen LogP contribution in [-0.4, -0.2) is 30.9 Å². The summed E-state index contributed by atoms with van der Waals surface area (Å²) in [5.41, 5.74) is 1.97. The summed E-state index contributed by atoms with van der Waals surface area (Å²) in [6.45, 7) is 3.72. The third kappa shape index (κ3) is 2.76. The van der Waals surface area contributed by atoms with Gasteiger partial charge < -0.3 is 14.7 Å². The molecule has 17 heavy (non-hydrogen) atoms. The van der Waals surface area contributed by atoms with Gasteiger partial charge in [-0.25, -0.2) is 0 Å². The van der Waals surface area contributed by atoms with Crippen molar-refractivity contribution in [3.8, 4) is 6.07 Å². The maximum atomic E-state index is 9.43. The van der Waals surface area contributed by atoms with Gasteiger partial charge >= 0.3 is 0 Å². The first-order valence-electron chi connectivity index (χ1n) is 5.75. The highest BCUT2D eigenvalue weighted by Crippen LogP contribution is 2.20. The number of hydrogen-bond donors (Lipinski definition) is 1. The second-order valence-electron chi connectivity index (χ2n) is 4.20. The maximum Gasteiger partial charge on any atom is 0.161 e. The molecule has 1 aromatic carbocycles. The molecule has 0 aliphatic carbocycles. The highest BCUT2D eigenvalue weighted by atomic mass is 16.5. The van der Waals surface area contributed by atoms with Gasteiger partial charge in [0.2, 0.25) is 0 Å². The first-order chi connectivity index (χ1) is 8.20. The minimum absolute atomic E-state index is 0.347. The first kappa shape index (κ1) is 11.9. The molecule has 1 fully saturated rings. The summed E-state index contributed by atoms with van der Waals surface area (Å²) in [4.78, 5) is 2.13. The second-order valence-corrected chi connectivity index (χ2v) is 4.20. The minimum atomic E-state index is -0.444. The Morgan fingerprint density at radius 1 is 1.47 bits per heavy atom. The number of ether oxygens (including phenoxy) is 1. The summed E-state index contributed by atoms with van der Waals surface area (Å²) in [5, 5.41) is 18.3. The molecule has 0 radical (unpaired) electrons. The molecular weight excluding hydrogens is 216 g/mol. The van der Waals surface area contributed by atoms with Crippen molar-refractivity contribution >= 4 is 5.69 Å². The van der Waals surface area contributed by atoms with Gasteiger partial charge in [0.05, 0.1) is 25.3 Å². The van der Waals surface area contributed by atoms with Crippen molar-refractivity contribution in [3.05, 3.63) is 29.8 Å². The number of benzene rings is 1. The number of nitrogens with zero attached hydrogens (tertiary/aromatic N) is 2. The van der Waals surface area contributed by atoms with Crippen LogP contribution in [0.4, 0.5) is 5.69 Å². The fraction of sp³-hybridized carbons (Fsp3) is 0.462. The van der Waals surface area contributed by atoms with E-state index in [1.165, 1.54) is 0 Å². The Kier molecular flexibility index (Phi) is 3.62. The van der Waals surface area contributed by atoms with E-state index >= 15 is 0 Å². The minimum Gasteiger partial charge on any atom is -0.389 e. The summed E-state index contributed by atoms with van der Waals surface area (Å²) in [6, 6.07) is 9.90. The van der Waals surface area contributed by atoms with Gasteiger partial charge in [-0.05, 0) is 24.6 Å². The molecule has 1 aliphatic heterocycles. The van der Waals surface area contributed by atoms with E-state index in [1.54, 1.807) is 6.92 Å². The van der Waals surface area contributed by atoms with Crippen LogP contribution in [0, 0.1) is 11.3 Å². The van der Waals surface area contributed by atoms with Crippen molar-refractivity contribution in [2.75, 3.05) is 24.6 Å². The van der Waals surface area contributed by atoms with Crippen molar-refractivity contribution in [2.24, 2.45) is 0 Å². The van der Waals surface area contributed by atoms with Gasteiger partial charge in [-0.3, -0.25) is 0 Å². The zero-order chi connectivity index (χ0) is 12.3. The Balaban J connectivity index is 2.09. The lowest BCUT2D eigenvalue weighted by atomic mass is 10.1. The molecule has 1 aromatic rings. The van der Waals surface area contributed by atoms with E-state index in [0.29, 0.717) is 13.2 Å². The summed E-state index contributed by atoms with van der Waals surface area (Å²) in [5.74, 6) is 0. The maximum absolute atomic E-state index is 9.43. The van der Waals surface area contributed by atoms with Crippen molar-refractivity contribution in [1.82, 2.24) is 0 Å².